The van der Waals surface area contributed by atoms with Gasteiger partial charge in [0.2, 0.25) is 15.9 Å². The van der Waals surface area contributed by atoms with Crippen LogP contribution in [0.5, 0.6) is 0 Å². The number of nitrogens with zero attached hydrogens (tertiary/aromatic N) is 3. The van der Waals surface area contributed by atoms with E-state index in [1.807, 2.05) is 52.0 Å². The summed E-state index contributed by atoms with van der Waals surface area (Å²) < 4.78 is 31.6. The van der Waals surface area contributed by atoms with Gasteiger partial charge in [-0.25, -0.2) is 13.3 Å². The Morgan fingerprint density at radius 1 is 0.878 bits per heavy atom. The van der Waals surface area contributed by atoms with E-state index in [1.165, 1.54) is 9.87 Å². The number of amides is 2. The molecular formula is C32H36BrN3O4S. The number of likely N-dealkylation sites (tertiary alicyclic amines) is 1. The summed E-state index contributed by atoms with van der Waals surface area (Å²) in [5, 5.41) is 0. The molecule has 5 rings (SSSR count). The maximum absolute atomic E-state index is 14.7. The molecule has 1 unspecified atom stereocenters. The quantitative estimate of drug-likeness (QED) is 0.312. The molecule has 9 heteroatoms. The molecule has 2 saturated heterocycles. The lowest BCUT2D eigenvalue weighted by molar-refractivity contribution is -0.122. The minimum Gasteiger partial charge on any atom is -0.299 e. The number of hydrogen-bond acceptors (Lipinski definition) is 5. The number of aryl methyl sites for hydroxylation is 2. The highest BCUT2D eigenvalue weighted by atomic mass is 79.9. The summed E-state index contributed by atoms with van der Waals surface area (Å²) in [6.45, 7) is 9.65. The number of anilines is 1. The van der Waals surface area contributed by atoms with Gasteiger partial charge in [-0.3, -0.25) is 14.5 Å². The lowest BCUT2D eigenvalue weighted by atomic mass is 10.0. The fourth-order valence-corrected chi connectivity index (χ4v) is 8.81. The maximum Gasteiger partial charge on any atom is 0.252 e. The summed E-state index contributed by atoms with van der Waals surface area (Å²) in [5.74, 6) is -0.884. The fraction of sp³-hybridized carbons (Fsp3) is 0.375. The van der Waals surface area contributed by atoms with Gasteiger partial charge >= 0.3 is 0 Å². The highest BCUT2D eigenvalue weighted by Crippen LogP contribution is 2.37. The highest BCUT2D eigenvalue weighted by molar-refractivity contribution is 9.10. The van der Waals surface area contributed by atoms with Crippen molar-refractivity contribution >= 4 is 43.5 Å². The molecule has 0 radical (unpaired) electrons. The number of carbonyl (C=O) groups is 2. The summed E-state index contributed by atoms with van der Waals surface area (Å²) in [5.41, 5.74) is 4.78. The van der Waals surface area contributed by atoms with Crippen molar-refractivity contribution in [3.63, 3.8) is 0 Å². The normalized spacial score (nSPS) is 19.0. The molecule has 0 saturated carbocycles. The molecule has 3 aromatic rings. The van der Waals surface area contributed by atoms with Gasteiger partial charge < -0.3 is 0 Å². The monoisotopic (exact) mass is 637 g/mol. The van der Waals surface area contributed by atoms with Crippen molar-refractivity contribution < 1.29 is 18.0 Å². The predicted molar refractivity (Wildman–Crippen MR) is 164 cm³/mol. The average molecular weight is 639 g/mol. The van der Waals surface area contributed by atoms with Crippen LogP contribution in [0.25, 0.3) is 0 Å². The molecule has 2 aliphatic rings. The SMILES string of the molecule is Cc1cc(C)c(C)c(S(=O)(=O)N(C2CCN(Cc3ccccc3)CC2)C2CC(=O)N(c3ccc(Br)cc3)C2=O)c1C. The first-order valence-corrected chi connectivity index (χ1v) is 16.2. The first-order valence-electron chi connectivity index (χ1n) is 14.0. The number of halogens is 1. The molecule has 2 amide bonds. The second-order valence-electron chi connectivity index (χ2n) is 11.2. The van der Waals surface area contributed by atoms with E-state index in [0.29, 0.717) is 42.7 Å². The van der Waals surface area contributed by atoms with E-state index in [0.717, 1.165) is 27.0 Å². The zero-order valence-corrected chi connectivity index (χ0v) is 26.3. The molecule has 0 aromatic heterocycles. The number of sulfonamides is 1. The zero-order chi connectivity index (χ0) is 29.5. The molecule has 41 heavy (non-hydrogen) atoms. The van der Waals surface area contributed by atoms with E-state index in [4.69, 9.17) is 0 Å². The van der Waals surface area contributed by atoms with Crippen LogP contribution in [-0.2, 0) is 26.2 Å². The molecule has 2 fully saturated rings. The molecule has 1 atom stereocenters. The predicted octanol–water partition coefficient (Wildman–Crippen LogP) is 5.67. The molecule has 216 valence electrons. The second kappa shape index (κ2) is 11.8. The Bertz CT molecular complexity index is 1540. The third kappa shape index (κ3) is 5.78. The van der Waals surface area contributed by atoms with E-state index in [9.17, 15) is 18.0 Å². The van der Waals surface area contributed by atoms with Crippen LogP contribution in [0, 0.1) is 27.7 Å². The Labute approximate surface area is 251 Å². The number of rotatable bonds is 7. The van der Waals surface area contributed by atoms with Gasteiger partial charge in [-0.2, -0.15) is 4.31 Å². The van der Waals surface area contributed by atoms with E-state index in [2.05, 4.69) is 33.0 Å². The number of benzene rings is 3. The van der Waals surface area contributed by atoms with Crippen molar-refractivity contribution in [2.24, 2.45) is 0 Å². The maximum atomic E-state index is 14.7. The summed E-state index contributed by atoms with van der Waals surface area (Å²) >= 11 is 3.39. The second-order valence-corrected chi connectivity index (χ2v) is 13.9. The number of carbonyl (C=O) groups excluding carboxylic acids is 2. The van der Waals surface area contributed by atoms with E-state index in [1.54, 1.807) is 24.3 Å². The molecule has 2 heterocycles. The first-order chi connectivity index (χ1) is 19.5. The van der Waals surface area contributed by atoms with Crippen LogP contribution in [0.15, 0.2) is 70.0 Å². The van der Waals surface area contributed by atoms with Crippen LogP contribution in [0.4, 0.5) is 5.69 Å². The topological polar surface area (TPSA) is 78.0 Å². The molecule has 2 aliphatic heterocycles. The number of piperidine rings is 1. The highest BCUT2D eigenvalue weighted by Gasteiger charge is 2.50. The van der Waals surface area contributed by atoms with Crippen LogP contribution in [0.3, 0.4) is 0 Å². The Morgan fingerprint density at radius 3 is 2.05 bits per heavy atom. The Kier molecular flexibility index (Phi) is 8.53. The van der Waals surface area contributed by atoms with Crippen molar-refractivity contribution in [1.29, 1.82) is 0 Å². The van der Waals surface area contributed by atoms with Gasteiger partial charge in [-0.1, -0.05) is 52.3 Å². The number of hydrogen-bond donors (Lipinski definition) is 0. The molecular weight excluding hydrogens is 602 g/mol. The van der Waals surface area contributed by atoms with Gasteiger partial charge in [0.1, 0.15) is 6.04 Å². The minimum atomic E-state index is -4.13. The summed E-state index contributed by atoms with van der Waals surface area (Å²) in [6, 6.07) is 17.6. The van der Waals surface area contributed by atoms with E-state index in [-0.39, 0.29) is 11.3 Å². The van der Waals surface area contributed by atoms with Crippen molar-refractivity contribution in [2.75, 3.05) is 18.0 Å². The van der Waals surface area contributed by atoms with Crippen LogP contribution >= 0.6 is 15.9 Å². The first kappa shape index (κ1) is 29.6. The van der Waals surface area contributed by atoms with Crippen LogP contribution in [0.2, 0.25) is 0 Å². The Hall–Kier alpha value is -2.85. The third-order valence-electron chi connectivity index (χ3n) is 8.51. The van der Waals surface area contributed by atoms with Gasteiger partial charge in [-0.15, -0.1) is 0 Å². The number of imide groups is 1. The summed E-state index contributed by atoms with van der Waals surface area (Å²) in [7, 11) is -4.13. The van der Waals surface area contributed by atoms with Gasteiger partial charge in [0, 0.05) is 30.1 Å². The largest absolute Gasteiger partial charge is 0.299 e. The molecule has 7 nitrogen and oxygen atoms in total. The van der Waals surface area contributed by atoms with Crippen molar-refractivity contribution in [2.45, 2.75) is 70.5 Å². The van der Waals surface area contributed by atoms with Gasteiger partial charge in [-0.05, 0) is 92.6 Å². The smallest absolute Gasteiger partial charge is 0.252 e. The van der Waals surface area contributed by atoms with Crippen molar-refractivity contribution in [3.8, 4) is 0 Å². The van der Waals surface area contributed by atoms with Crippen molar-refractivity contribution in [3.05, 3.63) is 93.0 Å². The lowest BCUT2D eigenvalue weighted by Gasteiger charge is -2.40. The minimum absolute atomic E-state index is 0.179. The van der Waals surface area contributed by atoms with Gasteiger partial charge in [0.05, 0.1) is 17.0 Å². The third-order valence-corrected chi connectivity index (χ3v) is 11.3. The zero-order valence-electron chi connectivity index (χ0n) is 23.9. The molecule has 0 bridgehead atoms. The lowest BCUT2D eigenvalue weighted by Crippen LogP contribution is -2.54. The molecule has 3 aromatic carbocycles. The van der Waals surface area contributed by atoms with Gasteiger partial charge in [0.15, 0.2) is 0 Å². The summed E-state index contributed by atoms with van der Waals surface area (Å²) in [6.07, 6.45) is 0.970. The standard InChI is InChI=1S/C32H36BrN3O4S/c1-21-18-22(2)24(4)31(23(21)3)41(39,40)36(28-14-16-34(17-15-28)20-25-8-6-5-7-9-25)29-19-30(37)35(32(29)38)27-12-10-26(33)11-13-27/h5-13,18,28-29H,14-17,19-20H2,1-4H3. The fourth-order valence-electron chi connectivity index (χ4n) is 6.14. The Balaban J connectivity index is 1.52. The van der Waals surface area contributed by atoms with Crippen molar-refractivity contribution in [1.82, 2.24) is 9.21 Å². The summed E-state index contributed by atoms with van der Waals surface area (Å²) in [4.78, 5) is 31.0. The molecule has 0 aliphatic carbocycles. The van der Waals surface area contributed by atoms with Crippen LogP contribution < -0.4 is 4.90 Å². The van der Waals surface area contributed by atoms with Gasteiger partial charge in [0.25, 0.3) is 5.91 Å². The van der Waals surface area contributed by atoms with E-state index >= 15 is 0 Å². The Morgan fingerprint density at radius 2 is 1.46 bits per heavy atom. The van der Waals surface area contributed by atoms with Crippen LogP contribution in [0.1, 0.15) is 47.1 Å². The molecule has 0 spiro atoms. The van der Waals surface area contributed by atoms with E-state index < -0.39 is 33.9 Å². The molecule has 0 N–H and O–H groups in total. The van der Waals surface area contributed by atoms with Crippen LogP contribution in [-0.4, -0.2) is 54.6 Å². The average Bonchev–Trinajstić information content (AvgIpc) is 3.22.